The van der Waals surface area contributed by atoms with Gasteiger partial charge in [-0.15, -0.1) is 0 Å². The Morgan fingerprint density at radius 1 is 1.09 bits per heavy atom. The predicted molar refractivity (Wildman–Crippen MR) is 139 cm³/mol. The van der Waals surface area contributed by atoms with Crippen LogP contribution in [-0.4, -0.2) is 52.7 Å². The third kappa shape index (κ3) is 4.66. The van der Waals surface area contributed by atoms with Gasteiger partial charge in [0, 0.05) is 36.1 Å². The topological polar surface area (TPSA) is 40.5 Å². The summed E-state index contributed by atoms with van der Waals surface area (Å²) in [5.74, 6) is 0.615. The van der Waals surface area contributed by atoms with Gasteiger partial charge >= 0.3 is 6.03 Å². The van der Waals surface area contributed by atoms with Gasteiger partial charge in [0.05, 0.1) is 5.52 Å². The number of fused-ring (bicyclic) bond motifs is 2. The van der Waals surface area contributed by atoms with Gasteiger partial charge in [0.1, 0.15) is 0 Å². The number of urea groups is 1. The molecular formula is C28H44N4O. The fourth-order valence-corrected chi connectivity index (χ4v) is 6.35. The van der Waals surface area contributed by atoms with E-state index >= 15 is 0 Å². The Labute approximate surface area is 200 Å². The molecule has 1 aromatic carbocycles. The Morgan fingerprint density at radius 3 is 2.64 bits per heavy atom. The number of amides is 2. The zero-order valence-electron chi connectivity index (χ0n) is 21.3. The summed E-state index contributed by atoms with van der Waals surface area (Å²) in [5, 5.41) is 1.43. The average Bonchev–Trinajstić information content (AvgIpc) is 3.12. The third-order valence-corrected chi connectivity index (χ3v) is 7.98. The second-order valence-corrected chi connectivity index (χ2v) is 9.96. The highest BCUT2D eigenvalue weighted by atomic mass is 16.2. The molecule has 2 heterocycles. The Kier molecular flexibility index (Phi) is 8.00. The quantitative estimate of drug-likeness (QED) is 0.431. The van der Waals surface area contributed by atoms with Crippen molar-refractivity contribution in [3.8, 4) is 0 Å². The Hall–Kier alpha value is -2.01. The summed E-state index contributed by atoms with van der Waals surface area (Å²) in [6, 6.07) is 7.40. The number of benzene rings is 1. The van der Waals surface area contributed by atoms with Crippen LogP contribution in [0.2, 0.25) is 0 Å². The molecule has 2 amide bonds. The summed E-state index contributed by atoms with van der Waals surface area (Å²) >= 11 is 0. The lowest BCUT2D eigenvalue weighted by Crippen LogP contribution is -2.47. The van der Waals surface area contributed by atoms with Gasteiger partial charge in [-0.05, 0) is 82.7 Å². The number of piperidine rings is 1. The lowest BCUT2D eigenvalue weighted by atomic mass is 9.74. The maximum atomic E-state index is 13.1. The van der Waals surface area contributed by atoms with Crippen molar-refractivity contribution in [2.24, 2.45) is 0 Å². The molecule has 2 aliphatic rings. The summed E-state index contributed by atoms with van der Waals surface area (Å²) in [5.41, 5.74) is 8.87. The van der Waals surface area contributed by atoms with Crippen LogP contribution < -0.4 is 5.43 Å². The van der Waals surface area contributed by atoms with Crippen molar-refractivity contribution in [1.29, 1.82) is 0 Å². The maximum absolute atomic E-state index is 13.1. The number of nitrogens with one attached hydrogen (secondary N) is 1. The summed E-state index contributed by atoms with van der Waals surface area (Å²) in [6.07, 6.45) is 10.9. The van der Waals surface area contributed by atoms with Gasteiger partial charge in [0.25, 0.3) is 0 Å². The van der Waals surface area contributed by atoms with Crippen molar-refractivity contribution >= 4 is 16.9 Å². The van der Waals surface area contributed by atoms with Crippen LogP contribution in [0.15, 0.2) is 18.2 Å². The first-order valence-corrected chi connectivity index (χ1v) is 13.6. The number of carbonyl (C=O) groups excluding carboxylic acids is 1. The molecule has 5 heteroatoms. The van der Waals surface area contributed by atoms with Crippen LogP contribution >= 0.6 is 0 Å². The average molecular weight is 453 g/mol. The monoisotopic (exact) mass is 452 g/mol. The van der Waals surface area contributed by atoms with Crippen molar-refractivity contribution in [3.05, 3.63) is 35.0 Å². The normalized spacial score (nSPS) is 20.1. The smallest absolute Gasteiger partial charge is 0.324 e. The van der Waals surface area contributed by atoms with Crippen molar-refractivity contribution in [3.63, 3.8) is 0 Å². The standard InChI is InChI=1S/C28H44N4O/c1-5-9-10-11-16-24-23-20-26-21(15-13-19-31(26)18-6-2)22-14-12-17-25(27(22)23)32(24)29-28(33)30(7-3)8-4/h12,14,17,21,26H,5-11,13,15-16,18-20H2,1-4H3,(H,29,33)/t21-,26-/m1/s1. The van der Waals surface area contributed by atoms with E-state index in [1.165, 1.54) is 85.8 Å². The molecule has 1 aliphatic heterocycles. The van der Waals surface area contributed by atoms with Gasteiger partial charge in [-0.1, -0.05) is 45.2 Å². The number of hydrogen-bond acceptors (Lipinski definition) is 2. The predicted octanol–water partition coefficient (Wildman–Crippen LogP) is 6.28. The molecule has 4 rings (SSSR count). The van der Waals surface area contributed by atoms with Gasteiger partial charge < -0.3 is 4.90 Å². The molecule has 182 valence electrons. The van der Waals surface area contributed by atoms with Crippen molar-refractivity contribution in [2.45, 2.75) is 97.4 Å². The summed E-state index contributed by atoms with van der Waals surface area (Å²) < 4.78 is 2.17. The van der Waals surface area contributed by atoms with E-state index in [9.17, 15) is 4.79 Å². The van der Waals surface area contributed by atoms with E-state index in [4.69, 9.17) is 0 Å². The highest BCUT2D eigenvalue weighted by Crippen LogP contribution is 2.45. The molecule has 5 nitrogen and oxygen atoms in total. The number of likely N-dealkylation sites (tertiary alicyclic amines) is 1. The van der Waals surface area contributed by atoms with Crippen LogP contribution in [0.4, 0.5) is 4.79 Å². The van der Waals surface area contributed by atoms with Gasteiger partial charge in [-0.25, -0.2) is 10.2 Å². The molecule has 0 spiro atoms. The van der Waals surface area contributed by atoms with E-state index in [-0.39, 0.29) is 6.03 Å². The van der Waals surface area contributed by atoms with Crippen LogP contribution in [0.25, 0.3) is 10.9 Å². The zero-order chi connectivity index (χ0) is 23.4. The van der Waals surface area contributed by atoms with E-state index in [0.29, 0.717) is 12.0 Å². The first-order chi connectivity index (χ1) is 16.1. The molecular weight excluding hydrogens is 408 g/mol. The molecule has 0 saturated carbocycles. The van der Waals surface area contributed by atoms with E-state index in [1.807, 2.05) is 18.7 Å². The molecule has 33 heavy (non-hydrogen) atoms. The lowest BCUT2D eigenvalue weighted by molar-refractivity contribution is 0.124. The molecule has 1 aromatic heterocycles. The van der Waals surface area contributed by atoms with Crippen molar-refractivity contribution in [1.82, 2.24) is 14.5 Å². The minimum absolute atomic E-state index is 0.00735. The fraction of sp³-hybridized carbons (Fsp3) is 0.679. The lowest BCUT2D eigenvalue weighted by Gasteiger charge is -2.44. The Morgan fingerprint density at radius 2 is 1.91 bits per heavy atom. The number of unbranched alkanes of at least 4 members (excludes halogenated alkanes) is 3. The van der Waals surface area contributed by atoms with Gasteiger partial charge in [-0.3, -0.25) is 9.58 Å². The van der Waals surface area contributed by atoms with Gasteiger partial charge in [0.2, 0.25) is 0 Å². The summed E-state index contributed by atoms with van der Waals surface area (Å²) in [7, 11) is 0. The molecule has 1 aliphatic carbocycles. The van der Waals surface area contributed by atoms with Crippen LogP contribution in [-0.2, 0) is 12.8 Å². The number of aromatic nitrogens is 1. The minimum Gasteiger partial charge on any atom is -0.324 e. The van der Waals surface area contributed by atoms with Crippen molar-refractivity contribution < 1.29 is 4.79 Å². The molecule has 1 fully saturated rings. The Balaban J connectivity index is 1.78. The molecule has 1 N–H and O–H groups in total. The highest BCUT2D eigenvalue weighted by molar-refractivity contribution is 5.93. The molecule has 2 atom stereocenters. The van der Waals surface area contributed by atoms with Gasteiger partial charge in [0.15, 0.2) is 0 Å². The largest absolute Gasteiger partial charge is 0.336 e. The number of carbonyl (C=O) groups is 1. The summed E-state index contributed by atoms with van der Waals surface area (Å²) in [4.78, 5) is 17.7. The van der Waals surface area contributed by atoms with Crippen molar-refractivity contribution in [2.75, 3.05) is 31.6 Å². The van der Waals surface area contributed by atoms with E-state index in [0.717, 1.165) is 25.9 Å². The molecule has 0 bridgehead atoms. The van der Waals surface area contributed by atoms with Crippen LogP contribution in [0.5, 0.6) is 0 Å². The Bertz CT molecular complexity index is 943. The second-order valence-electron chi connectivity index (χ2n) is 9.96. The third-order valence-electron chi connectivity index (χ3n) is 7.98. The second kappa shape index (κ2) is 10.9. The SMILES string of the molecule is CCCCCCc1c2c3c(cccc3n1NC(=O)N(CC)CC)[C@H]1CCCN(CCC)[C@@H]1C2. The molecule has 1 saturated heterocycles. The first kappa shape index (κ1) is 24.1. The minimum atomic E-state index is 0.00735. The number of nitrogens with zero attached hydrogens (tertiary/aromatic N) is 3. The van der Waals surface area contributed by atoms with Gasteiger partial charge in [-0.2, -0.15) is 0 Å². The van der Waals surface area contributed by atoms with Crippen LogP contribution in [0.1, 0.15) is 95.4 Å². The zero-order valence-corrected chi connectivity index (χ0v) is 21.3. The molecule has 2 aromatic rings. The summed E-state index contributed by atoms with van der Waals surface area (Å²) in [6.45, 7) is 12.5. The fourth-order valence-electron chi connectivity index (χ4n) is 6.35. The number of rotatable bonds is 10. The van der Waals surface area contributed by atoms with E-state index in [1.54, 1.807) is 0 Å². The molecule has 0 unspecified atom stereocenters. The highest BCUT2D eigenvalue weighted by Gasteiger charge is 2.39. The molecule has 0 radical (unpaired) electrons. The number of hydrogen-bond donors (Lipinski definition) is 1. The van der Waals surface area contributed by atoms with E-state index < -0.39 is 0 Å². The first-order valence-electron chi connectivity index (χ1n) is 13.6. The van der Waals surface area contributed by atoms with Crippen LogP contribution in [0.3, 0.4) is 0 Å². The maximum Gasteiger partial charge on any atom is 0.336 e. The van der Waals surface area contributed by atoms with E-state index in [2.05, 4.69) is 47.0 Å². The van der Waals surface area contributed by atoms with Crippen LogP contribution in [0, 0.1) is 0 Å².